The van der Waals surface area contributed by atoms with Crippen molar-refractivity contribution < 1.29 is 0 Å². The van der Waals surface area contributed by atoms with Gasteiger partial charge in [-0.25, -0.2) is 4.99 Å². The molecule has 1 aromatic rings. The van der Waals surface area contributed by atoms with Gasteiger partial charge in [0, 0.05) is 19.6 Å². The zero-order valence-electron chi connectivity index (χ0n) is 12.8. The first-order chi connectivity index (χ1) is 9.83. The molecule has 1 aliphatic rings. The number of benzene rings is 1. The second kappa shape index (κ2) is 9.82. The molecule has 0 spiro atoms. The van der Waals surface area contributed by atoms with Gasteiger partial charge in [-0.2, -0.15) is 0 Å². The number of hydrogen-bond donors (Lipinski definition) is 1. The molecule has 4 heteroatoms. The van der Waals surface area contributed by atoms with Gasteiger partial charge >= 0.3 is 0 Å². The number of hydrogen-bond acceptors (Lipinski definition) is 1. The summed E-state index contributed by atoms with van der Waals surface area (Å²) in [7, 11) is 0. The molecule has 0 amide bonds. The van der Waals surface area contributed by atoms with Crippen LogP contribution in [0.3, 0.4) is 0 Å². The fourth-order valence-corrected chi connectivity index (χ4v) is 2.72. The average Bonchev–Trinajstić information content (AvgIpc) is 2.93. The zero-order chi connectivity index (χ0) is 14.2. The standard InChI is InChI=1S/C17H25N3.HI/c1-3-11-19-17(18-4-2)20-12-10-16(14-20)13-15-8-6-5-7-9-15;/h3,5-9,16H,1,4,10-14H2,2H3,(H,18,19);1H. The van der Waals surface area contributed by atoms with E-state index in [1.807, 2.05) is 6.08 Å². The molecule has 1 fully saturated rings. The van der Waals surface area contributed by atoms with Crippen LogP contribution < -0.4 is 5.32 Å². The molecular weight excluding hydrogens is 373 g/mol. The van der Waals surface area contributed by atoms with Crippen molar-refractivity contribution in [2.75, 3.05) is 26.2 Å². The largest absolute Gasteiger partial charge is 0.357 e. The second-order valence-electron chi connectivity index (χ2n) is 5.27. The highest BCUT2D eigenvalue weighted by Gasteiger charge is 2.24. The molecule has 0 aliphatic carbocycles. The van der Waals surface area contributed by atoms with E-state index < -0.39 is 0 Å². The summed E-state index contributed by atoms with van der Waals surface area (Å²) in [6, 6.07) is 10.8. The first kappa shape index (κ1) is 18.0. The van der Waals surface area contributed by atoms with Crippen LogP contribution in [-0.4, -0.2) is 37.0 Å². The molecule has 0 aromatic heterocycles. The minimum absolute atomic E-state index is 0. The molecule has 0 radical (unpaired) electrons. The van der Waals surface area contributed by atoms with E-state index in [0.29, 0.717) is 6.54 Å². The number of rotatable bonds is 5. The van der Waals surface area contributed by atoms with Crippen molar-refractivity contribution in [3.8, 4) is 0 Å². The number of halogens is 1. The summed E-state index contributed by atoms with van der Waals surface area (Å²) in [5.74, 6) is 1.76. The van der Waals surface area contributed by atoms with Gasteiger partial charge in [0.2, 0.25) is 0 Å². The van der Waals surface area contributed by atoms with E-state index in [4.69, 9.17) is 0 Å². The fraction of sp³-hybridized carbons (Fsp3) is 0.471. The molecule has 1 N–H and O–H groups in total. The average molecular weight is 399 g/mol. The minimum atomic E-state index is 0. The van der Waals surface area contributed by atoms with Crippen LogP contribution in [0.15, 0.2) is 48.0 Å². The topological polar surface area (TPSA) is 27.6 Å². The lowest BCUT2D eigenvalue weighted by molar-refractivity contribution is 0.461. The van der Waals surface area contributed by atoms with Crippen LogP contribution in [0.25, 0.3) is 0 Å². The van der Waals surface area contributed by atoms with E-state index in [0.717, 1.165) is 37.9 Å². The van der Waals surface area contributed by atoms with Crippen molar-refractivity contribution in [1.29, 1.82) is 0 Å². The molecule has 116 valence electrons. The predicted molar refractivity (Wildman–Crippen MR) is 101 cm³/mol. The molecule has 3 nitrogen and oxygen atoms in total. The maximum atomic E-state index is 4.57. The fourth-order valence-electron chi connectivity index (χ4n) is 2.72. The molecule has 1 heterocycles. The zero-order valence-corrected chi connectivity index (χ0v) is 15.1. The number of guanidine groups is 1. The smallest absolute Gasteiger partial charge is 0.194 e. The molecular formula is C17H26IN3. The maximum Gasteiger partial charge on any atom is 0.194 e. The molecule has 0 saturated carbocycles. The summed E-state index contributed by atoms with van der Waals surface area (Å²) in [6.07, 6.45) is 4.25. The number of likely N-dealkylation sites (tertiary alicyclic amines) is 1. The lowest BCUT2D eigenvalue weighted by atomic mass is 9.99. The van der Waals surface area contributed by atoms with Crippen LogP contribution in [0.2, 0.25) is 0 Å². The van der Waals surface area contributed by atoms with Crippen LogP contribution in [0, 0.1) is 5.92 Å². The molecule has 1 aliphatic heterocycles. The number of nitrogens with zero attached hydrogens (tertiary/aromatic N) is 2. The third kappa shape index (κ3) is 5.69. The Hall–Kier alpha value is -1.04. The quantitative estimate of drug-likeness (QED) is 0.356. The van der Waals surface area contributed by atoms with Crippen LogP contribution >= 0.6 is 24.0 Å². The number of aliphatic imine (C=N–C) groups is 1. The van der Waals surface area contributed by atoms with Crippen LogP contribution in [0.4, 0.5) is 0 Å². The Morgan fingerprint density at radius 2 is 2.19 bits per heavy atom. The summed E-state index contributed by atoms with van der Waals surface area (Å²) >= 11 is 0. The van der Waals surface area contributed by atoms with E-state index in [-0.39, 0.29) is 24.0 Å². The van der Waals surface area contributed by atoms with E-state index >= 15 is 0 Å². The van der Waals surface area contributed by atoms with E-state index in [2.05, 4.69) is 59.0 Å². The van der Waals surface area contributed by atoms with Gasteiger partial charge < -0.3 is 10.2 Å². The van der Waals surface area contributed by atoms with Crippen molar-refractivity contribution in [2.45, 2.75) is 19.8 Å². The molecule has 21 heavy (non-hydrogen) atoms. The van der Waals surface area contributed by atoms with E-state index in [9.17, 15) is 0 Å². The third-order valence-electron chi connectivity index (χ3n) is 3.66. The van der Waals surface area contributed by atoms with Gasteiger partial charge in [-0.15, -0.1) is 30.6 Å². The minimum Gasteiger partial charge on any atom is -0.357 e. The molecule has 2 rings (SSSR count). The molecule has 1 saturated heterocycles. The Morgan fingerprint density at radius 1 is 1.43 bits per heavy atom. The first-order valence-corrected chi connectivity index (χ1v) is 7.51. The van der Waals surface area contributed by atoms with E-state index in [1.54, 1.807) is 0 Å². The van der Waals surface area contributed by atoms with Gasteiger partial charge in [0.1, 0.15) is 0 Å². The first-order valence-electron chi connectivity index (χ1n) is 7.51. The van der Waals surface area contributed by atoms with E-state index in [1.165, 1.54) is 12.0 Å². The van der Waals surface area contributed by atoms with Gasteiger partial charge in [-0.3, -0.25) is 0 Å². The SMILES string of the molecule is C=CCN=C(NCC)N1CCC(Cc2ccccc2)C1.I. The van der Waals surface area contributed by atoms with Crippen LogP contribution in [0.1, 0.15) is 18.9 Å². The summed E-state index contributed by atoms with van der Waals surface area (Å²) in [5.41, 5.74) is 1.44. The van der Waals surface area contributed by atoms with Gasteiger partial charge in [0.05, 0.1) is 6.54 Å². The Morgan fingerprint density at radius 3 is 2.86 bits per heavy atom. The van der Waals surface area contributed by atoms with Crippen molar-refractivity contribution in [3.63, 3.8) is 0 Å². The maximum absolute atomic E-state index is 4.57. The Balaban J connectivity index is 0.00000220. The van der Waals surface area contributed by atoms with Crippen molar-refractivity contribution in [2.24, 2.45) is 10.9 Å². The molecule has 1 aromatic carbocycles. The van der Waals surface area contributed by atoms with Gasteiger partial charge in [-0.05, 0) is 31.2 Å². The van der Waals surface area contributed by atoms with Crippen molar-refractivity contribution >= 4 is 29.9 Å². The highest BCUT2D eigenvalue weighted by atomic mass is 127. The molecule has 1 unspecified atom stereocenters. The Labute approximate surface area is 145 Å². The highest BCUT2D eigenvalue weighted by Crippen LogP contribution is 2.20. The van der Waals surface area contributed by atoms with Gasteiger partial charge in [-0.1, -0.05) is 36.4 Å². The predicted octanol–water partition coefficient (Wildman–Crippen LogP) is 3.32. The van der Waals surface area contributed by atoms with Crippen LogP contribution in [-0.2, 0) is 6.42 Å². The monoisotopic (exact) mass is 399 g/mol. The van der Waals surface area contributed by atoms with Gasteiger partial charge in [0.25, 0.3) is 0 Å². The summed E-state index contributed by atoms with van der Waals surface area (Å²) < 4.78 is 0. The lowest BCUT2D eigenvalue weighted by Gasteiger charge is -2.21. The highest BCUT2D eigenvalue weighted by molar-refractivity contribution is 14.0. The molecule has 0 bridgehead atoms. The van der Waals surface area contributed by atoms with Crippen molar-refractivity contribution in [1.82, 2.24) is 10.2 Å². The summed E-state index contributed by atoms with van der Waals surface area (Å²) in [4.78, 5) is 6.94. The summed E-state index contributed by atoms with van der Waals surface area (Å²) in [5, 5.41) is 3.37. The van der Waals surface area contributed by atoms with Crippen molar-refractivity contribution in [3.05, 3.63) is 48.6 Å². The normalized spacial score (nSPS) is 18.2. The Bertz CT molecular complexity index is 445. The van der Waals surface area contributed by atoms with Crippen LogP contribution in [0.5, 0.6) is 0 Å². The molecule has 1 atom stereocenters. The third-order valence-corrected chi connectivity index (χ3v) is 3.66. The second-order valence-corrected chi connectivity index (χ2v) is 5.27. The Kier molecular flexibility index (Phi) is 8.42. The summed E-state index contributed by atoms with van der Waals surface area (Å²) in [6.45, 7) is 9.64. The number of nitrogens with one attached hydrogen (secondary N) is 1. The lowest BCUT2D eigenvalue weighted by Crippen LogP contribution is -2.40. The van der Waals surface area contributed by atoms with Gasteiger partial charge in [0.15, 0.2) is 5.96 Å².